The van der Waals surface area contributed by atoms with E-state index in [1.165, 1.54) is 49.5 Å². The third-order valence-corrected chi connectivity index (χ3v) is 8.33. The van der Waals surface area contributed by atoms with E-state index in [9.17, 15) is 13.6 Å². The van der Waals surface area contributed by atoms with E-state index in [4.69, 9.17) is 20.7 Å². The number of likely N-dealkylation sites (tertiary alicyclic amines) is 1. The van der Waals surface area contributed by atoms with E-state index in [0.717, 1.165) is 0 Å². The Bertz CT molecular complexity index is 1330. The number of ether oxygens (including phenoxy) is 1. The number of hydrogen-bond donors (Lipinski definition) is 1. The predicted octanol–water partition coefficient (Wildman–Crippen LogP) is 3.43. The van der Waals surface area contributed by atoms with Gasteiger partial charge in [0.05, 0.1) is 30.5 Å². The Morgan fingerprint density at radius 1 is 1.39 bits per heavy atom. The number of nitriles is 1. The van der Waals surface area contributed by atoms with Gasteiger partial charge in [0.25, 0.3) is 0 Å². The molecule has 186 valence electrons. The first-order chi connectivity index (χ1) is 17.2. The first-order valence-electron chi connectivity index (χ1n) is 11.5. The number of aliphatic imine (C=N–C) groups is 1. The number of amides is 1. The van der Waals surface area contributed by atoms with Gasteiger partial charge in [-0.25, -0.2) is 13.8 Å². The summed E-state index contributed by atoms with van der Waals surface area (Å²) in [7, 11) is 1.48. The van der Waals surface area contributed by atoms with Crippen molar-refractivity contribution in [3.63, 3.8) is 0 Å². The molecule has 0 unspecified atom stereocenters. The Balaban J connectivity index is 1.50. The number of nitrogens with zero attached hydrogens (tertiary/aromatic N) is 5. The number of rotatable bonds is 5. The van der Waals surface area contributed by atoms with Crippen LogP contribution in [0.3, 0.4) is 0 Å². The monoisotopic (exact) mass is 510 g/mol. The standard InChI is InChI=1S/C25H24F2N6O2S/c1-24(20-9-25(20,36-23(29)32-24)22(34)33-6-5-16(26)13-33)17-7-15(12-31-21(17)35-2)8-18(27)19-4-3-14(10-28)11-30-19/h3-4,7-8,11-12,16,20H,5-6,9,13H2,1-2H3,(H2,29,32)/t16-,20+,24-,25+/m1/s1. The van der Waals surface area contributed by atoms with Crippen LogP contribution < -0.4 is 10.5 Å². The molecule has 2 aliphatic heterocycles. The highest BCUT2D eigenvalue weighted by molar-refractivity contribution is 8.15. The van der Waals surface area contributed by atoms with Crippen LogP contribution in [0, 0.1) is 17.2 Å². The molecular weight excluding hydrogens is 486 g/mol. The average molecular weight is 511 g/mol. The lowest BCUT2D eigenvalue weighted by Crippen LogP contribution is -2.45. The Morgan fingerprint density at radius 2 is 2.19 bits per heavy atom. The predicted molar refractivity (Wildman–Crippen MR) is 132 cm³/mol. The third-order valence-electron chi connectivity index (χ3n) is 7.04. The number of hydrogen-bond acceptors (Lipinski definition) is 8. The molecular formula is C25H24F2N6O2S. The van der Waals surface area contributed by atoms with E-state index in [1.807, 2.05) is 13.0 Å². The van der Waals surface area contributed by atoms with E-state index in [2.05, 4.69) is 9.97 Å². The minimum Gasteiger partial charge on any atom is -0.481 e. The zero-order chi connectivity index (χ0) is 25.7. The molecule has 2 fully saturated rings. The van der Waals surface area contributed by atoms with Crippen molar-refractivity contribution in [2.24, 2.45) is 16.6 Å². The number of amidine groups is 1. The molecule has 36 heavy (non-hydrogen) atoms. The molecule has 0 spiro atoms. The van der Waals surface area contributed by atoms with Gasteiger partial charge in [-0.1, -0.05) is 11.8 Å². The molecule has 0 radical (unpaired) electrons. The van der Waals surface area contributed by atoms with Gasteiger partial charge in [0.2, 0.25) is 11.8 Å². The van der Waals surface area contributed by atoms with Crippen LogP contribution in [-0.2, 0) is 10.3 Å². The maximum atomic E-state index is 15.0. The molecule has 3 aliphatic rings. The lowest BCUT2D eigenvalue weighted by molar-refractivity contribution is -0.131. The smallest absolute Gasteiger partial charge is 0.239 e. The second-order valence-corrected chi connectivity index (χ2v) is 10.7. The van der Waals surface area contributed by atoms with Gasteiger partial charge in [0.15, 0.2) is 5.17 Å². The number of aromatic nitrogens is 2. The minimum atomic E-state index is -1.01. The normalized spacial score (nSPS) is 29.2. The summed E-state index contributed by atoms with van der Waals surface area (Å²) in [5, 5.41) is 9.18. The van der Waals surface area contributed by atoms with E-state index in [0.29, 0.717) is 42.0 Å². The summed E-state index contributed by atoms with van der Waals surface area (Å²) < 4.78 is 33.5. The zero-order valence-corrected chi connectivity index (χ0v) is 20.6. The van der Waals surface area contributed by atoms with E-state index in [-0.39, 0.29) is 29.2 Å². The molecule has 1 saturated heterocycles. The Kier molecular flexibility index (Phi) is 5.95. The molecule has 11 heteroatoms. The number of nitrogens with two attached hydrogens (primary N) is 1. The molecule has 1 saturated carbocycles. The summed E-state index contributed by atoms with van der Waals surface area (Å²) in [4.78, 5) is 28.1. The van der Waals surface area contributed by atoms with Crippen molar-refractivity contribution in [2.45, 2.75) is 36.2 Å². The third kappa shape index (κ3) is 3.99. The highest BCUT2D eigenvalue weighted by atomic mass is 32.2. The molecule has 0 bridgehead atoms. The van der Waals surface area contributed by atoms with Crippen molar-refractivity contribution in [1.82, 2.24) is 14.9 Å². The molecule has 0 aromatic carbocycles. The van der Waals surface area contributed by atoms with Crippen LogP contribution in [-0.4, -0.2) is 57.1 Å². The number of fused-ring (bicyclic) bond motifs is 1. The summed E-state index contributed by atoms with van der Waals surface area (Å²) in [6, 6.07) is 6.59. The molecule has 2 aromatic rings. The van der Waals surface area contributed by atoms with Crippen molar-refractivity contribution >= 4 is 34.7 Å². The van der Waals surface area contributed by atoms with Crippen molar-refractivity contribution in [1.29, 1.82) is 5.26 Å². The van der Waals surface area contributed by atoms with E-state index in [1.54, 1.807) is 11.0 Å². The average Bonchev–Trinajstić information content (AvgIpc) is 3.48. The summed E-state index contributed by atoms with van der Waals surface area (Å²) in [6.45, 7) is 2.35. The number of thioether (sulfide) groups is 1. The van der Waals surface area contributed by atoms with Gasteiger partial charge in [0, 0.05) is 30.4 Å². The van der Waals surface area contributed by atoms with Crippen LogP contribution in [0.2, 0.25) is 0 Å². The highest BCUT2D eigenvalue weighted by Gasteiger charge is 2.71. The van der Waals surface area contributed by atoms with Gasteiger partial charge in [-0.05, 0) is 49.6 Å². The summed E-state index contributed by atoms with van der Waals surface area (Å²) >= 11 is 1.23. The van der Waals surface area contributed by atoms with Crippen molar-refractivity contribution < 1.29 is 18.3 Å². The SMILES string of the molecule is COc1ncc(C=C(F)c2ccc(C#N)cn2)cc1[C@@]1(C)N=C(N)S[C@@]2(C(=O)N3CC[C@@H](F)C3)C[C@H]21. The number of halogens is 2. The van der Waals surface area contributed by atoms with Crippen LogP contribution >= 0.6 is 11.8 Å². The lowest BCUT2D eigenvalue weighted by atomic mass is 9.85. The number of alkyl halides is 1. The molecule has 1 amide bonds. The van der Waals surface area contributed by atoms with Crippen LogP contribution in [0.1, 0.15) is 42.1 Å². The Hall–Kier alpha value is -3.52. The van der Waals surface area contributed by atoms with Crippen molar-refractivity contribution in [3.8, 4) is 11.9 Å². The van der Waals surface area contributed by atoms with Crippen LogP contribution in [0.5, 0.6) is 5.88 Å². The van der Waals surface area contributed by atoms with E-state index >= 15 is 0 Å². The molecule has 8 nitrogen and oxygen atoms in total. The van der Waals surface area contributed by atoms with Gasteiger partial charge in [-0.3, -0.25) is 14.8 Å². The van der Waals surface area contributed by atoms with Crippen molar-refractivity contribution in [3.05, 3.63) is 53.0 Å². The van der Waals surface area contributed by atoms with Gasteiger partial charge in [-0.15, -0.1) is 0 Å². The highest BCUT2D eigenvalue weighted by Crippen LogP contribution is 2.67. The number of carbonyl (C=O) groups excluding carboxylic acids is 1. The Morgan fingerprint density at radius 3 is 2.83 bits per heavy atom. The molecule has 4 heterocycles. The molecule has 2 aromatic heterocycles. The first kappa shape index (κ1) is 24.2. The van der Waals surface area contributed by atoms with E-state index < -0.39 is 22.3 Å². The van der Waals surface area contributed by atoms with Gasteiger partial charge in [-0.2, -0.15) is 5.26 Å². The number of methoxy groups -OCH3 is 1. The second-order valence-electron chi connectivity index (χ2n) is 9.34. The van der Waals surface area contributed by atoms with Crippen molar-refractivity contribution in [2.75, 3.05) is 20.2 Å². The fraction of sp³-hybridized carbons (Fsp3) is 0.400. The van der Waals surface area contributed by atoms with Gasteiger partial charge in [0.1, 0.15) is 22.8 Å². The van der Waals surface area contributed by atoms with Crippen LogP contribution in [0.25, 0.3) is 11.9 Å². The fourth-order valence-corrected chi connectivity index (χ4v) is 6.56. The topological polar surface area (TPSA) is 117 Å². The number of carbonyl (C=O) groups is 1. The Labute approximate surface area is 211 Å². The van der Waals surface area contributed by atoms with Gasteiger partial charge < -0.3 is 15.4 Å². The van der Waals surface area contributed by atoms with Crippen LogP contribution in [0.4, 0.5) is 8.78 Å². The largest absolute Gasteiger partial charge is 0.481 e. The summed E-state index contributed by atoms with van der Waals surface area (Å²) in [6.07, 6.45) is 3.91. The van der Waals surface area contributed by atoms with Crippen LogP contribution in [0.15, 0.2) is 35.6 Å². The minimum absolute atomic E-state index is 0.0810. The number of pyridine rings is 2. The second kappa shape index (κ2) is 8.85. The first-order valence-corrected chi connectivity index (χ1v) is 12.3. The molecule has 4 atom stereocenters. The lowest BCUT2D eigenvalue weighted by Gasteiger charge is -2.35. The molecule has 1 aliphatic carbocycles. The molecule has 5 rings (SSSR count). The zero-order valence-electron chi connectivity index (χ0n) is 19.7. The quantitative estimate of drug-likeness (QED) is 0.655. The summed E-state index contributed by atoms with van der Waals surface area (Å²) in [5.41, 5.74) is 6.71. The maximum absolute atomic E-state index is 15.0. The maximum Gasteiger partial charge on any atom is 0.239 e. The fourth-order valence-electron chi connectivity index (χ4n) is 5.12. The molecule has 2 N–H and O–H groups in total. The van der Waals surface area contributed by atoms with Gasteiger partial charge >= 0.3 is 0 Å². The summed E-state index contributed by atoms with van der Waals surface area (Å²) in [5.74, 6) is -0.639.